The van der Waals surface area contributed by atoms with E-state index in [1.807, 2.05) is 16.7 Å². The molecule has 2 aromatic heterocycles. The number of rotatable bonds is 4. The summed E-state index contributed by atoms with van der Waals surface area (Å²) in [4.78, 5) is 7.51. The highest BCUT2D eigenvalue weighted by atomic mass is 32.1. The highest BCUT2D eigenvalue weighted by Crippen LogP contribution is 2.18. The Hall–Kier alpha value is -1.20. The summed E-state index contributed by atoms with van der Waals surface area (Å²) in [6.45, 7) is 2.85. The second-order valence-corrected chi connectivity index (χ2v) is 4.19. The van der Waals surface area contributed by atoms with Crippen LogP contribution < -0.4 is 0 Å². The molecule has 0 spiro atoms. The van der Waals surface area contributed by atoms with Crippen LogP contribution in [0, 0.1) is 4.77 Å². The van der Waals surface area contributed by atoms with Crippen molar-refractivity contribution in [2.75, 3.05) is 13.7 Å². The van der Waals surface area contributed by atoms with Crippen LogP contribution in [0.3, 0.4) is 0 Å². The first-order valence-corrected chi connectivity index (χ1v) is 5.69. The van der Waals surface area contributed by atoms with Gasteiger partial charge in [-0.1, -0.05) is 0 Å². The van der Waals surface area contributed by atoms with Crippen molar-refractivity contribution in [1.82, 2.24) is 14.5 Å². The fourth-order valence-corrected chi connectivity index (χ4v) is 2.16. The van der Waals surface area contributed by atoms with Crippen LogP contribution in [0.15, 0.2) is 18.3 Å². The van der Waals surface area contributed by atoms with Gasteiger partial charge in [-0.25, -0.2) is 4.98 Å². The minimum absolute atomic E-state index is 0.288. The third-order valence-corrected chi connectivity index (χ3v) is 2.95. The van der Waals surface area contributed by atoms with E-state index < -0.39 is 0 Å². The molecule has 1 atom stereocenters. The third kappa shape index (κ3) is 2.01. The van der Waals surface area contributed by atoms with Crippen molar-refractivity contribution in [3.63, 3.8) is 0 Å². The Balaban J connectivity index is 2.43. The van der Waals surface area contributed by atoms with E-state index in [0.29, 0.717) is 0 Å². The van der Waals surface area contributed by atoms with E-state index in [4.69, 9.17) is 17.0 Å². The molecule has 2 rings (SSSR count). The lowest BCUT2D eigenvalue weighted by molar-refractivity contribution is 0.181. The van der Waals surface area contributed by atoms with E-state index in [2.05, 4.69) is 16.9 Å². The van der Waals surface area contributed by atoms with Gasteiger partial charge in [0, 0.05) is 26.0 Å². The molecule has 2 heterocycles. The molecule has 0 aliphatic rings. The van der Waals surface area contributed by atoms with E-state index in [1.165, 1.54) is 0 Å². The van der Waals surface area contributed by atoms with Crippen molar-refractivity contribution in [3.8, 4) is 0 Å². The number of aromatic nitrogens is 3. The molecule has 0 aliphatic carbocycles. The molecule has 1 unspecified atom stereocenters. The van der Waals surface area contributed by atoms with Gasteiger partial charge < -0.3 is 9.72 Å². The van der Waals surface area contributed by atoms with Crippen LogP contribution >= 0.6 is 12.2 Å². The van der Waals surface area contributed by atoms with E-state index in [-0.39, 0.29) is 6.04 Å². The predicted octanol–water partition coefficient (Wildman–Crippen LogP) is 2.69. The minimum Gasteiger partial charge on any atom is -0.385 e. The summed E-state index contributed by atoms with van der Waals surface area (Å²) < 4.78 is 7.85. The number of nitrogens with one attached hydrogen (secondary N) is 1. The van der Waals surface area contributed by atoms with Crippen LogP contribution in [-0.4, -0.2) is 28.3 Å². The smallest absolute Gasteiger partial charge is 0.179 e. The Labute approximate surface area is 99.3 Å². The topological polar surface area (TPSA) is 42.8 Å². The molecule has 2 aromatic rings. The van der Waals surface area contributed by atoms with Crippen LogP contribution in [0.2, 0.25) is 0 Å². The fourth-order valence-electron chi connectivity index (χ4n) is 1.78. The zero-order valence-corrected chi connectivity index (χ0v) is 10.3. The molecule has 5 heteroatoms. The molecular formula is C11H15N3OS. The maximum absolute atomic E-state index is 5.31. The van der Waals surface area contributed by atoms with Gasteiger partial charge in [0.15, 0.2) is 10.4 Å². The Morgan fingerprint density at radius 3 is 3.19 bits per heavy atom. The number of aromatic amines is 1. The molecule has 4 nitrogen and oxygen atoms in total. The van der Waals surface area contributed by atoms with Crippen LogP contribution in [0.5, 0.6) is 0 Å². The molecule has 0 fully saturated rings. The molecular weight excluding hydrogens is 222 g/mol. The summed E-state index contributed by atoms with van der Waals surface area (Å²) in [6, 6.07) is 4.17. The lowest BCUT2D eigenvalue weighted by atomic mass is 10.2. The van der Waals surface area contributed by atoms with E-state index in [9.17, 15) is 0 Å². The SMILES string of the molecule is COCCC(C)n1c(=S)[nH]c2cccnc21. The number of fused-ring (bicyclic) bond motifs is 1. The van der Waals surface area contributed by atoms with E-state index in [0.717, 1.165) is 29.0 Å². The zero-order valence-electron chi connectivity index (χ0n) is 9.43. The first-order valence-electron chi connectivity index (χ1n) is 5.28. The Morgan fingerprint density at radius 1 is 1.62 bits per heavy atom. The highest BCUT2D eigenvalue weighted by molar-refractivity contribution is 7.71. The lowest BCUT2D eigenvalue weighted by Crippen LogP contribution is -2.08. The summed E-state index contributed by atoms with van der Waals surface area (Å²) in [6.07, 6.45) is 2.71. The number of imidazole rings is 1. The molecule has 0 bridgehead atoms. The summed E-state index contributed by atoms with van der Waals surface area (Å²) in [7, 11) is 1.71. The van der Waals surface area contributed by atoms with Crippen molar-refractivity contribution in [3.05, 3.63) is 23.1 Å². The monoisotopic (exact) mass is 237 g/mol. The number of hydrogen-bond donors (Lipinski definition) is 1. The van der Waals surface area contributed by atoms with Gasteiger partial charge in [-0.2, -0.15) is 0 Å². The van der Waals surface area contributed by atoms with Gasteiger partial charge in [-0.15, -0.1) is 0 Å². The molecule has 1 N–H and O–H groups in total. The Bertz CT molecular complexity index is 531. The number of ether oxygens (including phenoxy) is 1. The van der Waals surface area contributed by atoms with Crippen molar-refractivity contribution < 1.29 is 4.74 Å². The highest BCUT2D eigenvalue weighted by Gasteiger charge is 2.11. The van der Waals surface area contributed by atoms with Gasteiger partial charge in [0.25, 0.3) is 0 Å². The molecule has 0 amide bonds. The van der Waals surface area contributed by atoms with Crippen molar-refractivity contribution in [2.24, 2.45) is 0 Å². The molecule has 0 radical (unpaired) electrons. The molecule has 86 valence electrons. The van der Waals surface area contributed by atoms with Crippen molar-refractivity contribution in [2.45, 2.75) is 19.4 Å². The quantitative estimate of drug-likeness (QED) is 0.831. The van der Waals surface area contributed by atoms with Crippen LogP contribution in [0.4, 0.5) is 0 Å². The summed E-state index contributed by atoms with van der Waals surface area (Å²) >= 11 is 5.31. The van der Waals surface area contributed by atoms with Gasteiger partial charge in [0.2, 0.25) is 0 Å². The Kier molecular flexibility index (Phi) is 3.36. The summed E-state index contributed by atoms with van der Waals surface area (Å²) in [5.41, 5.74) is 1.90. The van der Waals surface area contributed by atoms with Crippen LogP contribution in [0.25, 0.3) is 11.2 Å². The fraction of sp³-hybridized carbons (Fsp3) is 0.455. The van der Waals surface area contributed by atoms with Gasteiger partial charge in [-0.05, 0) is 37.7 Å². The largest absolute Gasteiger partial charge is 0.385 e. The second-order valence-electron chi connectivity index (χ2n) is 3.81. The molecule has 0 saturated carbocycles. The van der Waals surface area contributed by atoms with Gasteiger partial charge in [0.1, 0.15) is 0 Å². The first kappa shape index (κ1) is 11.3. The standard InChI is InChI=1S/C11H15N3OS/c1-8(5-7-15-2)14-10-9(13-11(14)16)4-3-6-12-10/h3-4,6,8H,5,7H2,1-2H3,(H,13,16). The number of H-pyrrole nitrogens is 1. The molecule has 0 aromatic carbocycles. The average Bonchev–Trinajstić information content (AvgIpc) is 2.62. The Morgan fingerprint density at radius 2 is 2.44 bits per heavy atom. The normalized spacial score (nSPS) is 13.1. The zero-order chi connectivity index (χ0) is 11.5. The van der Waals surface area contributed by atoms with Gasteiger partial charge >= 0.3 is 0 Å². The molecule has 0 saturated heterocycles. The molecule has 16 heavy (non-hydrogen) atoms. The lowest BCUT2D eigenvalue weighted by Gasteiger charge is -2.13. The summed E-state index contributed by atoms with van der Waals surface area (Å²) in [5.74, 6) is 0. The third-order valence-electron chi connectivity index (χ3n) is 2.66. The van der Waals surface area contributed by atoms with Gasteiger partial charge in [-0.3, -0.25) is 4.57 Å². The number of pyridine rings is 1. The van der Waals surface area contributed by atoms with Gasteiger partial charge in [0.05, 0.1) is 5.52 Å². The van der Waals surface area contributed by atoms with Crippen LogP contribution in [-0.2, 0) is 4.74 Å². The number of methoxy groups -OCH3 is 1. The summed E-state index contributed by atoms with van der Waals surface area (Å²) in [5, 5.41) is 0. The van der Waals surface area contributed by atoms with Crippen LogP contribution in [0.1, 0.15) is 19.4 Å². The second kappa shape index (κ2) is 4.76. The molecule has 0 aliphatic heterocycles. The predicted molar refractivity (Wildman–Crippen MR) is 66.1 cm³/mol. The number of hydrogen-bond acceptors (Lipinski definition) is 3. The van der Waals surface area contributed by atoms with E-state index >= 15 is 0 Å². The number of nitrogens with zero attached hydrogens (tertiary/aromatic N) is 2. The first-order chi connectivity index (χ1) is 7.74. The van der Waals surface area contributed by atoms with Crippen molar-refractivity contribution in [1.29, 1.82) is 0 Å². The maximum atomic E-state index is 5.31. The van der Waals surface area contributed by atoms with Crippen molar-refractivity contribution >= 4 is 23.4 Å². The minimum atomic E-state index is 0.288. The average molecular weight is 237 g/mol. The maximum Gasteiger partial charge on any atom is 0.179 e. The van der Waals surface area contributed by atoms with E-state index in [1.54, 1.807) is 13.3 Å².